The van der Waals surface area contributed by atoms with Crippen LogP contribution in [-0.2, 0) is 13.0 Å². The molecular formula is C16H14N2O2S. The molecule has 0 atom stereocenters. The van der Waals surface area contributed by atoms with Gasteiger partial charge in [0, 0.05) is 18.5 Å². The number of hydrogen-bond acceptors (Lipinski definition) is 4. The summed E-state index contributed by atoms with van der Waals surface area (Å²) in [6.07, 6.45) is 3.33. The van der Waals surface area contributed by atoms with Gasteiger partial charge in [0.2, 0.25) is 5.88 Å². The van der Waals surface area contributed by atoms with Crippen LogP contribution in [0.5, 0.6) is 5.88 Å². The fourth-order valence-corrected chi connectivity index (χ4v) is 3.62. The number of ether oxygens (including phenoxy) is 1. The Morgan fingerprint density at radius 1 is 1.43 bits per heavy atom. The van der Waals surface area contributed by atoms with Crippen molar-refractivity contribution in [3.05, 3.63) is 33.1 Å². The molecule has 0 amide bonds. The van der Waals surface area contributed by atoms with Crippen molar-refractivity contribution in [3.63, 3.8) is 0 Å². The minimum absolute atomic E-state index is 0.242. The summed E-state index contributed by atoms with van der Waals surface area (Å²) >= 11 is 1.66. The molecule has 0 unspecified atom stereocenters. The Balaban J connectivity index is 1.82. The molecule has 5 heteroatoms. The highest BCUT2D eigenvalue weighted by atomic mass is 32.1. The number of methoxy groups -OCH3 is 1. The lowest BCUT2D eigenvalue weighted by molar-refractivity contribution is 0.392. The second-order valence-electron chi connectivity index (χ2n) is 5.38. The summed E-state index contributed by atoms with van der Waals surface area (Å²) in [5, 5.41) is 0. The van der Waals surface area contributed by atoms with Crippen molar-refractivity contribution < 1.29 is 4.74 Å². The maximum Gasteiger partial charge on any atom is 0.351 e. The second kappa shape index (κ2) is 4.74. The first-order valence-electron chi connectivity index (χ1n) is 7.05. The summed E-state index contributed by atoms with van der Waals surface area (Å²) < 4.78 is 6.84. The molecule has 3 heterocycles. The maximum atomic E-state index is 12.0. The third kappa shape index (κ3) is 2.26. The molecule has 21 heavy (non-hydrogen) atoms. The van der Waals surface area contributed by atoms with Gasteiger partial charge in [0.05, 0.1) is 22.6 Å². The molecule has 0 aromatic carbocycles. The van der Waals surface area contributed by atoms with Crippen molar-refractivity contribution in [2.75, 3.05) is 7.11 Å². The number of nitrogens with zero attached hydrogens (tertiary/aromatic N) is 2. The standard InChI is InChI=1S/C16H14N2O2S/c1-20-14-9-13-15-11(6-7-18(13)16(19)17-14)8-12(21-15)5-4-10-2-3-10/h8-10H,2-3,6-7H2,1H3. The zero-order valence-corrected chi connectivity index (χ0v) is 12.5. The van der Waals surface area contributed by atoms with Crippen molar-refractivity contribution in [2.45, 2.75) is 25.8 Å². The van der Waals surface area contributed by atoms with Crippen molar-refractivity contribution in [2.24, 2.45) is 5.92 Å². The minimum atomic E-state index is -0.242. The topological polar surface area (TPSA) is 44.1 Å². The Morgan fingerprint density at radius 2 is 2.29 bits per heavy atom. The predicted molar refractivity (Wildman–Crippen MR) is 81.7 cm³/mol. The molecule has 1 aliphatic carbocycles. The molecule has 4 rings (SSSR count). The van der Waals surface area contributed by atoms with Gasteiger partial charge in [-0.25, -0.2) is 4.79 Å². The Labute approximate surface area is 126 Å². The zero-order chi connectivity index (χ0) is 14.4. The molecule has 0 spiro atoms. The summed E-state index contributed by atoms with van der Waals surface area (Å²) in [5.41, 5.74) is 1.93. The van der Waals surface area contributed by atoms with E-state index in [1.807, 2.05) is 6.07 Å². The van der Waals surface area contributed by atoms with Crippen LogP contribution in [0.1, 0.15) is 23.3 Å². The minimum Gasteiger partial charge on any atom is -0.481 e. The molecule has 1 saturated carbocycles. The van der Waals surface area contributed by atoms with Gasteiger partial charge < -0.3 is 4.74 Å². The molecule has 2 aromatic heterocycles. The molecule has 4 nitrogen and oxygen atoms in total. The van der Waals surface area contributed by atoms with Gasteiger partial charge in [-0.15, -0.1) is 11.3 Å². The van der Waals surface area contributed by atoms with Gasteiger partial charge in [0.25, 0.3) is 0 Å². The lowest BCUT2D eigenvalue weighted by Gasteiger charge is -2.18. The molecule has 1 fully saturated rings. The summed E-state index contributed by atoms with van der Waals surface area (Å²) in [4.78, 5) is 18.2. The molecule has 0 radical (unpaired) electrons. The van der Waals surface area contributed by atoms with E-state index in [4.69, 9.17) is 4.74 Å². The Morgan fingerprint density at radius 3 is 3.05 bits per heavy atom. The quantitative estimate of drug-likeness (QED) is 0.759. The smallest absolute Gasteiger partial charge is 0.351 e. The van der Waals surface area contributed by atoms with Gasteiger partial charge in [-0.1, -0.05) is 11.8 Å². The molecule has 106 valence electrons. The van der Waals surface area contributed by atoms with E-state index in [-0.39, 0.29) is 5.69 Å². The van der Waals surface area contributed by atoms with Crippen LogP contribution in [0.15, 0.2) is 16.9 Å². The third-order valence-corrected chi connectivity index (χ3v) is 4.94. The van der Waals surface area contributed by atoms with Gasteiger partial charge in [0.15, 0.2) is 0 Å². The summed E-state index contributed by atoms with van der Waals surface area (Å²) in [7, 11) is 1.53. The number of fused-ring (bicyclic) bond motifs is 3. The fraction of sp³-hybridized carbons (Fsp3) is 0.375. The first kappa shape index (κ1) is 12.7. The monoisotopic (exact) mass is 298 g/mol. The van der Waals surface area contributed by atoms with Crippen LogP contribution in [0.3, 0.4) is 0 Å². The maximum absolute atomic E-state index is 12.0. The normalized spacial score (nSPS) is 15.7. The van der Waals surface area contributed by atoms with Crippen LogP contribution in [0.2, 0.25) is 0 Å². The molecular weight excluding hydrogens is 284 g/mol. The van der Waals surface area contributed by atoms with Gasteiger partial charge >= 0.3 is 5.69 Å². The fourth-order valence-electron chi connectivity index (χ4n) is 2.52. The summed E-state index contributed by atoms with van der Waals surface area (Å²) in [5.74, 6) is 7.54. The summed E-state index contributed by atoms with van der Waals surface area (Å²) in [6.45, 7) is 0.671. The number of rotatable bonds is 1. The largest absolute Gasteiger partial charge is 0.481 e. The van der Waals surface area contributed by atoms with Crippen molar-refractivity contribution in [1.29, 1.82) is 0 Å². The van der Waals surface area contributed by atoms with Crippen LogP contribution < -0.4 is 10.4 Å². The molecule has 0 bridgehead atoms. The van der Waals surface area contributed by atoms with E-state index >= 15 is 0 Å². The van der Waals surface area contributed by atoms with E-state index in [0.717, 1.165) is 21.9 Å². The van der Waals surface area contributed by atoms with Gasteiger partial charge in [0.1, 0.15) is 0 Å². The number of thiophene rings is 1. The van der Waals surface area contributed by atoms with Crippen molar-refractivity contribution >= 4 is 11.3 Å². The number of aromatic nitrogens is 2. The highest BCUT2D eigenvalue weighted by Crippen LogP contribution is 2.36. The molecule has 0 saturated heterocycles. The Hall–Kier alpha value is -2.06. The van der Waals surface area contributed by atoms with Crippen LogP contribution >= 0.6 is 11.3 Å². The lowest BCUT2D eigenvalue weighted by Crippen LogP contribution is -2.27. The summed E-state index contributed by atoms with van der Waals surface area (Å²) in [6, 6.07) is 4.00. The van der Waals surface area contributed by atoms with Gasteiger partial charge in [-0.05, 0) is 30.9 Å². The molecule has 2 aliphatic rings. The molecule has 2 aromatic rings. The van der Waals surface area contributed by atoms with E-state index in [9.17, 15) is 4.79 Å². The molecule has 1 aliphatic heterocycles. The highest BCUT2D eigenvalue weighted by molar-refractivity contribution is 7.16. The van der Waals surface area contributed by atoms with Crippen molar-refractivity contribution in [3.8, 4) is 28.3 Å². The lowest BCUT2D eigenvalue weighted by atomic mass is 10.1. The average Bonchev–Trinajstić information content (AvgIpc) is 3.22. The highest BCUT2D eigenvalue weighted by Gasteiger charge is 2.22. The molecule has 0 N–H and O–H groups in total. The zero-order valence-electron chi connectivity index (χ0n) is 11.7. The third-order valence-electron chi connectivity index (χ3n) is 3.82. The van der Waals surface area contributed by atoms with E-state index in [0.29, 0.717) is 18.3 Å². The van der Waals surface area contributed by atoms with E-state index in [1.54, 1.807) is 15.9 Å². The predicted octanol–water partition coefficient (Wildman–Crippen LogP) is 2.30. The van der Waals surface area contributed by atoms with Gasteiger partial charge in [-0.2, -0.15) is 4.98 Å². The van der Waals surface area contributed by atoms with E-state index in [1.165, 1.54) is 25.5 Å². The van der Waals surface area contributed by atoms with Crippen LogP contribution in [0.25, 0.3) is 10.6 Å². The first-order valence-corrected chi connectivity index (χ1v) is 7.87. The number of hydrogen-bond donors (Lipinski definition) is 0. The van der Waals surface area contributed by atoms with E-state index in [2.05, 4.69) is 22.9 Å². The van der Waals surface area contributed by atoms with Crippen molar-refractivity contribution in [1.82, 2.24) is 9.55 Å². The van der Waals surface area contributed by atoms with E-state index < -0.39 is 0 Å². The number of aryl methyl sites for hydroxylation is 1. The SMILES string of the molecule is COc1cc2n(c(=O)n1)CCc1cc(C#CC3CC3)sc1-2. The first-order chi connectivity index (χ1) is 10.2. The van der Waals surface area contributed by atoms with Crippen LogP contribution in [0.4, 0.5) is 0 Å². The van der Waals surface area contributed by atoms with Crippen LogP contribution in [-0.4, -0.2) is 16.7 Å². The Bertz CT molecular complexity index is 834. The van der Waals surface area contributed by atoms with Gasteiger partial charge in [-0.3, -0.25) is 4.57 Å². The Kier molecular flexibility index (Phi) is 2.86. The van der Waals surface area contributed by atoms with Crippen LogP contribution in [0, 0.1) is 17.8 Å². The average molecular weight is 298 g/mol. The second-order valence-corrected chi connectivity index (χ2v) is 6.43.